The van der Waals surface area contributed by atoms with E-state index in [4.69, 9.17) is 16.6 Å². The molecule has 1 amide bonds. The summed E-state index contributed by atoms with van der Waals surface area (Å²) < 4.78 is 0. The van der Waals surface area contributed by atoms with Crippen LogP contribution in [0.3, 0.4) is 0 Å². The number of carbonyl (C=O) groups is 2. The van der Waals surface area contributed by atoms with E-state index in [0.29, 0.717) is 5.75 Å². The van der Waals surface area contributed by atoms with Crippen LogP contribution in [0.2, 0.25) is 0 Å². The molecule has 0 aliphatic heterocycles. The highest BCUT2D eigenvalue weighted by Crippen LogP contribution is 2.14. The number of amides is 1. The molecule has 5 N–H and O–H groups in total. The number of rotatable bonds is 6. The monoisotopic (exact) mass is 206 g/mol. The van der Waals surface area contributed by atoms with Crippen molar-refractivity contribution in [3.63, 3.8) is 0 Å². The molecular weight excluding hydrogens is 192 g/mol. The third kappa shape index (κ3) is 4.14. The number of carbonyl (C=O) groups excluding carboxylic acids is 1. The Bertz CT molecular complexity index is 210. The largest absolute Gasteiger partial charge is 0.480 e. The Labute approximate surface area is 80.8 Å². The van der Waals surface area contributed by atoms with Crippen molar-refractivity contribution in [1.82, 2.24) is 0 Å². The fourth-order valence-corrected chi connectivity index (χ4v) is 1.43. The first-order valence-electron chi connectivity index (χ1n) is 3.72. The summed E-state index contributed by atoms with van der Waals surface area (Å²) in [7, 11) is 0. The lowest BCUT2D eigenvalue weighted by molar-refractivity contribution is -0.145. The summed E-state index contributed by atoms with van der Waals surface area (Å²) in [6.07, 6.45) is 1.77. The van der Waals surface area contributed by atoms with Gasteiger partial charge in [0.15, 0.2) is 0 Å². The van der Waals surface area contributed by atoms with E-state index in [9.17, 15) is 9.59 Å². The quantitative estimate of drug-likeness (QED) is 0.538. The molecule has 0 aliphatic carbocycles. The molecule has 6 heteroatoms. The van der Waals surface area contributed by atoms with Crippen LogP contribution in [0.25, 0.3) is 0 Å². The number of hydrogen-bond acceptors (Lipinski definition) is 4. The number of nitrogens with two attached hydrogens (primary N) is 2. The van der Waals surface area contributed by atoms with Crippen LogP contribution in [0.4, 0.5) is 0 Å². The van der Waals surface area contributed by atoms with Gasteiger partial charge in [0.05, 0.1) is 6.42 Å². The van der Waals surface area contributed by atoms with Gasteiger partial charge in [-0.15, -0.1) is 0 Å². The molecule has 13 heavy (non-hydrogen) atoms. The SMILES string of the molecule is CSCCC(N)(CC(N)=O)C(=O)O. The number of carboxylic acid groups (broad SMARTS) is 1. The molecule has 5 nitrogen and oxygen atoms in total. The van der Waals surface area contributed by atoms with E-state index < -0.39 is 17.4 Å². The third-order valence-electron chi connectivity index (χ3n) is 1.67. The van der Waals surface area contributed by atoms with Crippen molar-refractivity contribution in [2.45, 2.75) is 18.4 Å². The maximum absolute atomic E-state index is 10.7. The number of primary amides is 1. The van der Waals surface area contributed by atoms with Crippen molar-refractivity contribution in [3.05, 3.63) is 0 Å². The summed E-state index contributed by atoms with van der Waals surface area (Å²) in [6, 6.07) is 0. The summed E-state index contributed by atoms with van der Waals surface area (Å²) in [6.45, 7) is 0. The number of thioether (sulfide) groups is 1. The van der Waals surface area contributed by atoms with E-state index in [0.717, 1.165) is 0 Å². The van der Waals surface area contributed by atoms with Gasteiger partial charge in [-0.3, -0.25) is 9.59 Å². The molecule has 0 rings (SSSR count). The van der Waals surface area contributed by atoms with Crippen molar-refractivity contribution in [3.8, 4) is 0 Å². The summed E-state index contributed by atoms with van der Waals surface area (Å²) in [5.41, 5.74) is 8.91. The fourth-order valence-electron chi connectivity index (χ4n) is 0.866. The number of carboxylic acids is 1. The maximum Gasteiger partial charge on any atom is 0.324 e. The van der Waals surface area contributed by atoms with E-state index in [1.54, 1.807) is 0 Å². The first kappa shape index (κ1) is 12.2. The fraction of sp³-hybridized carbons (Fsp3) is 0.714. The molecule has 0 aromatic heterocycles. The Balaban J connectivity index is 4.34. The maximum atomic E-state index is 10.7. The van der Waals surface area contributed by atoms with Crippen LogP contribution < -0.4 is 11.5 Å². The van der Waals surface area contributed by atoms with Crippen molar-refractivity contribution in [2.24, 2.45) is 11.5 Å². The molecule has 0 saturated heterocycles. The summed E-state index contributed by atoms with van der Waals surface area (Å²) in [5, 5.41) is 8.77. The molecular formula is C7H14N2O3S. The number of aliphatic carboxylic acids is 1. The van der Waals surface area contributed by atoms with Gasteiger partial charge in [0.1, 0.15) is 5.54 Å². The van der Waals surface area contributed by atoms with Crippen LogP contribution >= 0.6 is 11.8 Å². The van der Waals surface area contributed by atoms with E-state index >= 15 is 0 Å². The summed E-state index contributed by atoms with van der Waals surface area (Å²) in [5.74, 6) is -1.28. The molecule has 0 radical (unpaired) electrons. The van der Waals surface area contributed by atoms with Gasteiger partial charge in [-0.1, -0.05) is 0 Å². The van der Waals surface area contributed by atoms with Gasteiger partial charge in [0.25, 0.3) is 0 Å². The van der Waals surface area contributed by atoms with E-state index in [2.05, 4.69) is 0 Å². The zero-order valence-electron chi connectivity index (χ0n) is 7.45. The highest BCUT2D eigenvalue weighted by atomic mass is 32.2. The van der Waals surface area contributed by atoms with Crippen LogP contribution in [-0.4, -0.2) is 34.5 Å². The highest BCUT2D eigenvalue weighted by Gasteiger charge is 2.35. The molecule has 1 unspecified atom stereocenters. The first-order chi connectivity index (χ1) is 5.92. The van der Waals surface area contributed by atoms with Crippen LogP contribution in [0.1, 0.15) is 12.8 Å². The van der Waals surface area contributed by atoms with Gasteiger partial charge in [0, 0.05) is 0 Å². The molecule has 0 aliphatic rings. The zero-order chi connectivity index (χ0) is 10.5. The predicted octanol–water partition coefficient (Wildman–Crippen LogP) is -0.603. The minimum atomic E-state index is -1.51. The molecule has 0 heterocycles. The second kappa shape index (κ2) is 5.08. The van der Waals surface area contributed by atoms with Gasteiger partial charge in [-0.25, -0.2) is 0 Å². The highest BCUT2D eigenvalue weighted by molar-refractivity contribution is 7.98. The van der Waals surface area contributed by atoms with Gasteiger partial charge >= 0.3 is 5.97 Å². The third-order valence-corrected chi connectivity index (χ3v) is 2.28. The first-order valence-corrected chi connectivity index (χ1v) is 5.11. The van der Waals surface area contributed by atoms with Gasteiger partial charge < -0.3 is 16.6 Å². The normalized spacial score (nSPS) is 14.9. The molecule has 0 spiro atoms. The minimum Gasteiger partial charge on any atom is -0.480 e. The Morgan fingerprint density at radius 3 is 2.38 bits per heavy atom. The molecule has 76 valence electrons. The Hall–Kier alpha value is -0.750. The van der Waals surface area contributed by atoms with E-state index in [1.807, 2.05) is 6.26 Å². The predicted molar refractivity (Wildman–Crippen MR) is 51.4 cm³/mol. The van der Waals surface area contributed by atoms with Gasteiger partial charge in [-0.2, -0.15) is 11.8 Å². The lowest BCUT2D eigenvalue weighted by Crippen LogP contribution is -2.51. The summed E-state index contributed by atoms with van der Waals surface area (Å²) >= 11 is 1.48. The van der Waals surface area contributed by atoms with Crippen LogP contribution in [0.5, 0.6) is 0 Å². The smallest absolute Gasteiger partial charge is 0.324 e. The molecule has 0 bridgehead atoms. The zero-order valence-corrected chi connectivity index (χ0v) is 8.26. The van der Waals surface area contributed by atoms with Crippen molar-refractivity contribution >= 4 is 23.6 Å². The van der Waals surface area contributed by atoms with Gasteiger partial charge in [0.2, 0.25) is 5.91 Å². The van der Waals surface area contributed by atoms with Crippen LogP contribution in [-0.2, 0) is 9.59 Å². The Morgan fingerprint density at radius 2 is 2.08 bits per heavy atom. The topological polar surface area (TPSA) is 106 Å². The van der Waals surface area contributed by atoms with Crippen molar-refractivity contribution < 1.29 is 14.7 Å². The Kier molecular flexibility index (Phi) is 4.79. The molecule has 1 atom stereocenters. The molecule has 0 fully saturated rings. The molecule has 0 aromatic rings. The number of hydrogen-bond donors (Lipinski definition) is 3. The Morgan fingerprint density at radius 1 is 1.54 bits per heavy atom. The minimum absolute atomic E-state index is 0.243. The van der Waals surface area contributed by atoms with E-state index in [-0.39, 0.29) is 12.8 Å². The van der Waals surface area contributed by atoms with Crippen LogP contribution in [0.15, 0.2) is 0 Å². The van der Waals surface area contributed by atoms with Gasteiger partial charge in [-0.05, 0) is 18.4 Å². The lowest BCUT2D eigenvalue weighted by atomic mass is 9.93. The summed E-state index contributed by atoms with van der Waals surface area (Å²) in [4.78, 5) is 21.3. The van der Waals surface area contributed by atoms with Crippen molar-refractivity contribution in [2.75, 3.05) is 12.0 Å². The second-order valence-electron chi connectivity index (χ2n) is 2.85. The van der Waals surface area contributed by atoms with Crippen LogP contribution in [0, 0.1) is 0 Å². The lowest BCUT2D eigenvalue weighted by Gasteiger charge is -2.22. The average Bonchev–Trinajstić information content (AvgIpc) is 1.99. The van der Waals surface area contributed by atoms with E-state index in [1.165, 1.54) is 11.8 Å². The average molecular weight is 206 g/mol. The molecule has 0 aromatic carbocycles. The second-order valence-corrected chi connectivity index (χ2v) is 3.83. The standard InChI is InChI=1S/C7H14N2O3S/c1-13-3-2-7(9,6(11)12)4-5(8)10/h2-4,9H2,1H3,(H2,8,10)(H,11,12). The molecule has 0 saturated carbocycles. The van der Waals surface area contributed by atoms with Crippen molar-refractivity contribution in [1.29, 1.82) is 0 Å².